The van der Waals surface area contributed by atoms with Crippen LogP contribution in [0.4, 0.5) is 0 Å². The summed E-state index contributed by atoms with van der Waals surface area (Å²) in [5, 5.41) is 0. The highest BCUT2D eigenvalue weighted by molar-refractivity contribution is 7.96. The predicted octanol–water partition coefficient (Wildman–Crippen LogP) is 0.0846. The topological polar surface area (TPSA) is 15.3 Å². The highest BCUT2D eigenvalue weighted by Crippen LogP contribution is 2.03. The number of hydrogen-bond donors (Lipinski definition) is 1. The second kappa shape index (κ2) is 1.82. The first-order valence-electron chi connectivity index (χ1n) is 1.98. The molecule has 1 heterocycles. The van der Waals surface area contributed by atoms with E-state index in [1.54, 1.807) is 11.9 Å². The molecule has 1 rings (SSSR count). The van der Waals surface area contributed by atoms with E-state index in [1.807, 2.05) is 0 Å². The molecule has 2 nitrogen and oxygen atoms in total. The van der Waals surface area contributed by atoms with Gasteiger partial charge in [-0.15, -0.1) is 0 Å². The first-order valence-corrected chi connectivity index (χ1v) is 3.17. The van der Waals surface area contributed by atoms with Gasteiger partial charge in [0.15, 0.2) is 0 Å². The zero-order chi connectivity index (χ0) is 4.41. The third-order valence-electron chi connectivity index (χ3n) is 0.823. The lowest BCUT2D eigenvalue weighted by atomic mass is 10.6. The Morgan fingerprint density at radius 2 is 2.50 bits per heavy atom. The molecule has 3 heteroatoms. The molecule has 0 saturated carbocycles. The lowest BCUT2D eigenvalue weighted by Gasteiger charge is -2.28. The summed E-state index contributed by atoms with van der Waals surface area (Å²) in [7, 11) is 0. The number of nitrogens with one attached hydrogen (secondary N) is 1. The molecule has 0 aromatic rings. The van der Waals surface area contributed by atoms with Crippen LogP contribution in [0.1, 0.15) is 0 Å². The standard InChI is InChI=1S/C3H8N2S/c1-6-5-3-2-4-5/h4H,2-3H2,1H3. The third kappa shape index (κ3) is 0.668. The molecule has 0 aromatic carbocycles. The smallest absolute Gasteiger partial charge is 0.0384 e. The Morgan fingerprint density at radius 3 is 2.50 bits per heavy atom. The van der Waals surface area contributed by atoms with Gasteiger partial charge in [0.2, 0.25) is 0 Å². The highest BCUT2D eigenvalue weighted by atomic mass is 32.2. The van der Waals surface area contributed by atoms with E-state index in [0.717, 1.165) is 6.54 Å². The lowest BCUT2D eigenvalue weighted by Crippen LogP contribution is -2.48. The SMILES string of the molecule is CSN1CCN1. The molecule has 0 amide bonds. The molecule has 0 aliphatic carbocycles. The Bertz CT molecular complexity index is 41.3. The van der Waals surface area contributed by atoms with Crippen LogP contribution in [0.3, 0.4) is 0 Å². The van der Waals surface area contributed by atoms with Crippen LogP contribution in [0.5, 0.6) is 0 Å². The molecule has 1 aliphatic rings. The van der Waals surface area contributed by atoms with Crippen molar-refractivity contribution in [3.05, 3.63) is 0 Å². The highest BCUT2D eigenvalue weighted by Gasteiger charge is 2.08. The first-order chi connectivity index (χ1) is 2.93. The summed E-state index contributed by atoms with van der Waals surface area (Å²) in [5.41, 5.74) is 3.09. The Labute approximate surface area is 42.0 Å². The van der Waals surface area contributed by atoms with Crippen LogP contribution in [0.25, 0.3) is 0 Å². The van der Waals surface area contributed by atoms with E-state index in [0.29, 0.717) is 0 Å². The number of hydrogen-bond acceptors (Lipinski definition) is 3. The van der Waals surface area contributed by atoms with Gasteiger partial charge in [-0.3, -0.25) is 0 Å². The van der Waals surface area contributed by atoms with Crippen molar-refractivity contribution in [1.82, 2.24) is 9.84 Å². The van der Waals surface area contributed by atoms with Gasteiger partial charge >= 0.3 is 0 Å². The zero-order valence-corrected chi connectivity index (χ0v) is 4.59. The van der Waals surface area contributed by atoms with Crippen molar-refractivity contribution in [3.8, 4) is 0 Å². The summed E-state index contributed by atoms with van der Waals surface area (Å²) in [6.45, 7) is 2.35. The number of nitrogens with zero attached hydrogens (tertiary/aromatic N) is 1. The molecule has 0 atom stereocenters. The Balaban J connectivity index is 2.01. The quantitative estimate of drug-likeness (QED) is 0.474. The second-order valence-electron chi connectivity index (χ2n) is 1.19. The van der Waals surface area contributed by atoms with E-state index in [1.165, 1.54) is 6.54 Å². The van der Waals surface area contributed by atoms with Crippen LogP contribution < -0.4 is 5.43 Å². The van der Waals surface area contributed by atoms with Crippen LogP contribution in [-0.2, 0) is 0 Å². The normalized spacial score (nSPS) is 23.5. The minimum Gasteiger partial charge on any atom is -0.244 e. The fourth-order valence-corrected chi connectivity index (χ4v) is 0.853. The van der Waals surface area contributed by atoms with E-state index in [-0.39, 0.29) is 0 Å². The van der Waals surface area contributed by atoms with Crippen molar-refractivity contribution in [2.75, 3.05) is 19.3 Å². The van der Waals surface area contributed by atoms with Crippen molar-refractivity contribution in [2.45, 2.75) is 0 Å². The van der Waals surface area contributed by atoms with E-state index < -0.39 is 0 Å². The molecular formula is C3H8N2S. The maximum Gasteiger partial charge on any atom is 0.0384 e. The molecule has 0 spiro atoms. The van der Waals surface area contributed by atoms with Crippen molar-refractivity contribution in [1.29, 1.82) is 0 Å². The summed E-state index contributed by atoms with van der Waals surface area (Å²) in [5.74, 6) is 0. The van der Waals surface area contributed by atoms with Gasteiger partial charge in [-0.05, 0) is 6.26 Å². The Morgan fingerprint density at radius 1 is 1.83 bits per heavy atom. The molecule has 6 heavy (non-hydrogen) atoms. The zero-order valence-electron chi connectivity index (χ0n) is 3.77. The summed E-state index contributed by atoms with van der Waals surface area (Å²) in [4.78, 5) is 0. The maximum absolute atomic E-state index is 3.09. The molecule has 1 fully saturated rings. The number of hydrazine groups is 1. The summed E-state index contributed by atoms with van der Waals surface area (Å²) in [6, 6.07) is 0. The predicted molar refractivity (Wildman–Crippen MR) is 28.2 cm³/mol. The summed E-state index contributed by atoms with van der Waals surface area (Å²) in [6.07, 6.45) is 2.06. The maximum atomic E-state index is 3.09. The Kier molecular flexibility index (Phi) is 1.34. The molecule has 36 valence electrons. The largest absolute Gasteiger partial charge is 0.244 e. The van der Waals surface area contributed by atoms with Crippen LogP contribution in [0.15, 0.2) is 0 Å². The summed E-state index contributed by atoms with van der Waals surface area (Å²) < 4.78 is 2.10. The van der Waals surface area contributed by atoms with Crippen molar-refractivity contribution < 1.29 is 0 Å². The lowest BCUT2D eigenvalue weighted by molar-refractivity contribution is 0.247. The van der Waals surface area contributed by atoms with Gasteiger partial charge in [0.1, 0.15) is 0 Å². The fourth-order valence-electron chi connectivity index (χ4n) is 0.359. The third-order valence-corrected chi connectivity index (χ3v) is 1.58. The fraction of sp³-hybridized carbons (Fsp3) is 1.00. The minimum atomic E-state index is 1.15. The van der Waals surface area contributed by atoms with E-state index >= 15 is 0 Å². The van der Waals surface area contributed by atoms with Gasteiger partial charge in [0.05, 0.1) is 0 Å². The monoisotopic (exact) mass is 104 g/mol. The summed E-state index contributed by atoms with van der Waals surface area (Å²) >= 11 is 1.73. The van der Waals surface area contributed by atoms with Crippen LogP contribution >= 0.6 is 11.9 Å². The van der Waals surface area contributed by atoms with Crippen LogP contribution in [-0.4, -0.2) is 23.8 Å². The van der Waals surface area contributed by atoms with Gasteiger partial charge in [-0.25, -0.2) is 5.43 Å². The van der Waals surface area contributed by atoms with Gasteiger partial charge < -0.3 is 0 Å². The minimum absolute atomic E-state index is 1.15. The average Bonchev–Trinajstić information content (AvgIpc) is 1.31. The molecule has 0 radical (unpaired) electrons. The van der Waals surface area contributed by atoms with E-state index in [4.69, 9.17) is 0 Å². The van der Waals surface area contributed by atoms with Crippen LogP contribution in [0, 0.1) is 0 Å². The average molecular weight is 104 g/mol. The van der Waals surface area contributed by atoms with Gasteiger partial charge in [0.25, 0.3) is 0 Å². The first kappa shape index (κ1) is 4.43. The Hall–Kier alpha value is 0.270. The van der Waals surface area contributed by atoms with Crippen molar-refractivity contribution in [3.63, 3.8) is 0 Å². The number of rotatable bonds is 1. The molecule has 0 unspecified atom stereocenters. The van der Waals surface area contributed by atoms with E-state index in [2.05, 4.69) is 16.1 Å². The molecule has 1 saturated heterocycles. The van der Waals surface area contributed by atoms with Crippen molar-refractivity contribution in [2.24, 2.45) is 0 Å². The molecule has 1 aliphatic heterocycles. The van der Waals surface area contributed by atoms with Gasteiger partial charge in [-0.2, -0.15) is 4.41 Å². The molecule has 0 aromatic heterocycles. The van der Waals surface area contributed by atoms with Crippen molar-refractivity contribution >= 4 is 11.9 Å². The van der Waals surface area contributed by atoms with Crippen LogP contribution in [0.2, 0.25) is 0 Å². The van der Waals surface area contributed by atoms with Gasteiger partial charge in [0, 0.05) is 13.1 Å². The van der Waals surface area contributed by atoms with E-state index in [9.17, 15) is 0 Å². The van der Waals surface area contributed by atoms with Gasteiger partial charge in [-0.1, -0.05) is 11.9 Å². The molecule has 0 bridgehead atoms. The second-order valence-corrected chi connectivity index (χ2v) is 2.00. The molecule has 1 N–H and O–H groups in total. The molecular weight excluding hydrogens is 96.1 g/mol.